The van der Waals surface area contributed by atoms with E-state index in [1.54, 1.807) is 6.08 Å². The summed E-state index contributed by atoms with van der Waals surface area (Å²) in [6.07, 6.45) is 5.10. The van der Waals surface area contributed by atoms with Crippen molar-refractivity contribution in [2.45, 2.75) is 52.9 Å². The van der Waals surface area contributed by atoms with Crippen molar-refractivity contribution in [1.29, 1.82) is 0 Å². The Labute approximate surface area is 185 Å². The van der Waals surface area contributed by atoms with Crippen LogP contribution in [-0.4, -0.2) is 0 Å². The Bertz CT molecular complexity index is 826. The van der Waals surface area contributed by atoms with Crippen molar-refractivity contribution in [3.8, 4) is 0 Å². The molecule has 0 aliphatic rings. The highest BCUT2D eigenvalue weighted by Gasteiger charge is 2.12. The van der Waals surface area contributed by atoms with E-state index in [-0.39, 0.29) is 0 Å². The van der Waals surface area contributed by atoms with Crippen LogP contribution >= 0.6 is 0 Å². The predicted octanol–water partition coefficient (Wildman–Crippen LogP) is 8.90. The average Bonchev–Trinajstić information content (AvgIpc) is 2.85. The van der Waals surface area contributed by atoms with Crippen LogP contribution in [0.1, 0.15) is 62.3 Å². The molecule has 0 aromatic heterocycles. The highest BCUT2D eigenvalue weighted by Crippen LogP contribution is 2.26. The average molecular weight is 399 g/mol. The molecule has 1 atom stereocenters. The molecule has 0 spiro atoms. The molecule has 0 nitrogen and oxygen atoms in total. The molecular weight excluding hydrogens is 360 g/mol. The SMILES string of the molecule is C=CC(=C)c1ccc(CCC(Cc2ccccc2)c2ccccc2)cc1.CC.CC. The molecule has 158 valence electrons. The zero-order valence-electron chi connectivity index (χ0n) is 19.3. The Balaban J connectivity index is 0.00000106. The van der Waals surface area contributed by atoms with Crippen LogP contribution in [0.5, 0.6) is 0 Å². The third-order valence-corrected chi connectivity index (χ3v) is 4.95. The van der Waals surface area contributed by atoms with E-state index >= 15 is 0 Å². The standard InChI is InChI=1S/C26H26.2C2H6/c1-3-21(2)24-17-14-22(15-18-24)16-19-26(25-12-8-5-9-13-25)20-23-10-6-4-7-11-23;2*1-2/h3-15,17-18,26H,1-2,16,19-20H2;2*1-2H3. The maximum Gasteiger partial charge on any atom is -0.0118 e. The summed E-state index contributed by atoms with van der Waals surface area (Å²) in [5, 5.41) is 0. The lowest BCUT2D eigenvalue weighted by atomic mass is 9.87. The van der Waals surface area contributed by atoms with Crippen LogP contribution in [0.4, 0.5) is 0 Å². The van der Waals surface area contributed by atoms with E-state index in [0.29, 0.717) is 5.92 Å². The Morgan fingerprint density at radius 3 is 1.80 bits per heavy atom. The number of benzene rings is 3. The van der Waals surface area contributed by atoms with Gasteiger partial charge in [-0.05, 0) is 53.0 Å². The van der Waals surface area contributed by atoms with Crippen molar-refractivity contribution in [3.05, 3.63) is 126 Å². The van der Waals surface area contributed by atoms with Crippen LogP contribution in [0.15, 0.2) is 104 Å². The topological polar surface area (TPSA) is 0 Å². The van der Waals surface area contributed by atoms with Gasteiger partial charge in [0, 0.05) is 0 Å². The first-order chi connectivity index (χ1) is 14.8. The summed E-state index contributed by atoms with van der Waals surface area (Å²) >= 11 is 0. The molecule has 0 aliphatic carbocycles. The quantitative estimate of drug-likeness (QED) is 0.332. The second-order valence-electron chi connectivity index (χ2n) is 6.76. The molecule has 3 aromatic carbocycles. The smallest absolute Gasteiger partial charge is 0.0118 e. The van der Waals surface area contributed by atoms with E-state index in [1.807, 2.05) is 27.7 Å². The Hall–Kier alpha value is -2.86. The summed E-state index contributed by atoms with van der Waals surface area (Å²) < 4.78 is 0. The third-order valence-electron chi connectivity index (χ3n) is 4.95. The summed E-state index contributed by atoms with van der Waals surface area (Å²) in [7, 11) is 0. The van der Waals surface area contributed by atoms with Crippen LogP contribution in [-0.2, 0) is 12.8 Å². The number of hydrogen-bond donors (Lipinski definition) is 0. The summed E-state index contributed by atoms with van der Waals surface area (Å²) in [5.41, 5.74) is 6.32. The van der Waals surface area contributed by atoms with Crippen LogP contribution in [0.3, 0.4) is 0 Å². The lowest BCUT2D eigenvalue weighted by molar-refractivity contribution is 0.621. The predicted molar refractivity (Wildman–Crippen MR) is 136 cm³/mol. The summed E-state index contributed by atoms with van der Waals surface area (Å²) in [6, 6.07) is 30.4. The van der Waals surface area contributed by atoms with Gasteiger partial charge in [0.2, 0.25) is 0 Å². The second kappa shape index (κ2) is 15.0. The van der Waals surface area contributed by atoms with Gasteiger partial charge in [-0.3, -0.25) is 0 Å². The number of rotatable bonds is 8. The van der Waals surface area contributed by atoms with Crippen molar-refractivity contribution < 1.29 is 0 Å². The summed E-state index contributed by atoms with van der Waals surface area (Å²) in [4.78, 5) is 0. The molecule has 0 bridgehead atoms. The summed E-state index contributed by atoms with van der Waals surface area (Å²) in [5.74, 6) is 0.529. The lowest BCUT2D eigenvalue weighted by Gasteiger charge is -2.18. The lowest BCUT2D eigenvalue weighted by Crippen LogP contribution is -2.05. The molecule has 0 saturated heterocycles. The largest absolute Gasteiger partial charge is 0.0985 e. The van der Waals surface area contributed by atoms with Gasteiger partial charge in [-0.1, -0.05) is 132 Å². The molecule has 1 unspecified atom stereocenters. The molecule has 0 fully saturated rings. The van der Waals surface area contributed by atoms with E-state index in [9.17, 15) is 0 Å². The maximum absolute atomic E-state index is 4.02. The highest BCUT2D eigenvalue weighted by molar-refractivity contribution is 5.71. The minimum Gasteiger partial charge on any atom is -0.0985 e. The number of hydrogen-bond acceptors (Lipinski definition) is 0. The van der Waals surface area contributed by atoms with E-state index < -0.39 is 0 Å². The highest BCUT2D eigenvalue weighted by atomic mass is 14.2. The fourth-order valence-electron chi connectivity index (χ4n) is 3.35. The summed E-state index contributed by atoms with van der Waals surface area (Å²) in [6.45, 7) is 15.8. The van der Waals surface area contributed by atoms with Gasteiger partial charge >= 0.3 is 0 Å². The first-order valence-electron chi connectivity index (χ1n) is 11.3. The molecule has 30 heavy (non-hydrogen) atoms. The van der Waals surface area contributed by atoms with Gasteiger partial charge in [0.25, 0.3) is 0 Å². The molecule has 0 aliphatic heterocycles. The van der Waals surface area contributed by atoms with Crippen LogP contribution in [0.25, 0.3) is 5.57 Å². The van der Waals surface area contributed by atoms with Gasteiger partial charge in [-0.2, -0.15) is 0 Å². The third kappa shape index (κ3) is 8.25. The molecule has 0 N–H and O–H groups in total. The van der Waals surface area contributed by atoms with Crippen molar-refractivity contribution >= 4 is 5.57 Å². The van der Waals surface area contributed by atoms with Crippen LogP contribution in [0, 0.1) is 0 Å². The first-order valence-corrected chi connectivity index (χ1v) is 11.3. The minimum absolute atomic E-state index is 0.529. The Morgan fingerprint density at radius 2 is 1.27 bits per heavy atom. The second-order valence-corrected chi connectivity index (χ2v) is 6.76. The molecule has 0 heterocycles. The van der Waals surface area contributed by atoms with Crippen molar-refractivity contribution in [2.24, 2.45) is 0 Å². The van der Waals surface area contributed by atoms with Gasteiger partial charge in [0.1, 0.15) is 0 Å². The van der Waals surface area contributed by atoms with Gasteiger partial charge in [-0.25, -0.2) is 0 Å². The van der Waals surface area contributed by atoms with Crippen molar-refractivity contribution in [1.82, 2.24) is 0 Å². The van der Waals surface area contributed by atoms with E-state index in [0.717, 1.165) is 30.4 Å². The van der Waals surface area contributed by atoms with E-state index in [4.69, 9.17) is 0 Å². The molecule has 0 radical (unpaired) electrons. The zero-order valence-corrected chi connectivity index (χ0v) is 19.3. The first kappa shape index (κ1) is 25.2. The maximum atomic E-state index is 4.02. The molecule has 3 rings (SSSR count). The molecule has 0 saturated carbocycles. The monoisotopic (exact) mass is 398 g/mol. The zero-order chi connectivity index (χ0) is 22.2. The minimum atomic E-state index is 0.529. The van der Waals surface area contributed by atoms with Gasteiger partial charge in [0.05, 0.1) is 0 Å². The van der Waals surface area contributed by atoms with Gasteiger partial charge in [-0.15, -0.1) is 0 Å². The molecule has 3 aromatic rings. The van der Waals surface area contributed by atoms with E-state index in [2.05, 4.69) is 98.1 Å². The van der Waals surface area contributed by atoms with Crippen LogP contribution in [0.2, 0.25) is 0 Å². The fourth-order valence-corrected chi connectivity index (χ4v) is 3.35. The normalized spacial score (nSPS) is 10.5. The Morgan fingerprint density at radius 1 is 0.733 bits per heavy atom. The van der Waals surface area contributed by atoms with Crippen molar-refractivity contribution in [3.63, 3.8) is 0 Å². The Kier molecular flexibility index (Phi) is 12.6. The molecule has 0 amide bonds. The van der Waals surface area contributed by atoms with Gasteiger partial charge in [0.15, 0.2) is 0 Å². The molecule has 0 heteroatoms. The van der Waals surface area contributed by atoms with Crippen molar-refractivity contribution in [2.75, 3.05) is 0 Å². The number of allylic oxidation sites excluding steroid dienone is 2. The fraction of sp³-hybridized carbons (Fsp3) is 0.267. The number of aryl methyl sites for hydroxylation is 1. The van der Waals surface area contributed by atoms with Crippen LogP contribution < -0.4 is 0 Å². The van der Waals surface area contributed by atoms with Gasteiger partial charge < -0.3 is 0 Å². The molecular formula is C30H38. The van der Waals surface area contributed by atoms with E-state index in [1.165, 1.54) is 16.7 Å².